The van der Waals surface area contributed by atoms with Crippen LogP contribution in [-0.2, 0) is 6.54 Å². The second kappa shape index (κ2) is 12.5. The van der Waals surface area contributed by atoms with Crippen molar-refractivity contribution >= 4 is 29.1 Å². The lowest BCUT2D eigenvalue weighted by Gasteiger charge is -2.11. The number of aromatic nitrogens is 2. The van der Waals surface area contributed by atoms with Crippen LogP contribution in [0, 0.1) is 0 Å². The summed E-state index contributed by atoms with van der Waals surface area (Å²) in [5.41, 5.74) is 1.72. The van der Waals surface area contributed by atoms with E-state index in [1.54, 1.807) is 36.0 Å². The minimum atomic E-state index is -0.197. The summed E-state index contributed by atoms with van der Waals surface area (Å²) in [6, 6.07) is 18.8. The molecule has 162 valence electrons. The van der Waals surface area contributed by atoms with E-state index in [1.165, 1.54) is 11.6 Å². The Bertz CT molecular complexity index is 1020. The van der Waals surface area contributed by atoms with E-state index in [2.05, 4.69) is 17.1 Å². The molecule has 0 aliphatic rings. The molecule has 0 amide bonds. The Labute approximate surface area is 192 Å². The third kappa shape index (κ3) is 8.00. The number of carbonyl (C=O) groups excluding carboxylic acids is 1. The zero-order valence-electron chi connectivity index (χ0n) is 17.5. The van der Waals surface area contributed by atoms with Crippen molar-refractivity contribution in [3.8, 4) is 0 Å². The van der Waals surface area contributed by atoms with Gasteiger partial charge in [-0.1, -0.05) is 73.0 Å². The van der Waals surface area contributed by atoms with E-state index < -0.39 is 0 Å². The smallest absolute Gasteiger partial charge is 0.273 e. The first kappa shape index (κ1) is 23.3. The van der Waals surface area contributed by atoms with Gasteiger partial charge in [0.1, 0.15) is 0 Å². The van der Waals surface area contributed by atoms with Crippen molar-refractivity contribution in [1.29, 1.82) is 0 Å². The summed E-state index contributed by atoms with van der Waals surface area (Å²) in [5.74, 6) is 1.10. The van der Waals surface area contributed by atoms with Crippen LogP contribution in [0.15, 0.2) is 76.8 Å². The Hall–Kier alpha value is -2.37. The van der Waals surface area contributed by atoms with Crippen molar-refractivity contribution in [1.82, 2.24) is 9.55 Å². The van der Waals surface area contributed by atoms with Crippen LogP contribution in [0.3, 0.4) is 0 Å². The molecule has 1 aromatic heterocycles. The number of halogens is 1. The quantitative estimate of drug-likeness (QED) is 0.140. The lowest BCUT2D eigenvalue weighted by molar-refractivity contribution is 0.0979. The van der Waals surface area contributed by atoms with Gasteiger partial charge in [0.25, 0.3) is 5.56 Å². The second-order valence-corrected chi connectivity index (χ2v) is 8.96. The topological polar surface area (TPSA) is 52.0 Å². The van der Waals surface area contributed by atoms with Crippen molar-refractivity contribution in [2.75, 3.05) is 5.75 Å². The number of benzene rings is 2. The van der Waals surface area contributed by atoms with Gasteiger partial charge in [0.2, 0.25) is 0 Å². The SMILES string of the molecule is O=C(CCCCCCCSc1nc(=O)ccn1Cc1ccccc1)c1ccc(Cl)cc1. The van der Waals surface area contributed by atoms with Gasteiger partial charge < -0.3 is 4.57 Å². The van der Waals surface area contributed by atoms with Gasteiger partial charge in [-0.3, -0.25) is 9.59 Å². The minimum Gasteiger partial charge on any atom is -0.323 e. The molecule has 3 rings (SSSR count). The second-order valence-electron chi connectivity index (χ2n) is 7.46. The van der Waals surface area contributed by atoms with Crippen LogP contribution in [0.25, 0.3) is 0 Å². The predicted molar refractivity (Wildman–Crippen MR) is 128 cm³/mol. The van der Waals surface area contributed by atoms with Crippen LogP contribution in [0.2, 0.25) is 5.02 Å². The number of unbranched alkanes of at least 4 members (excludes halogenated alkanes) is 4. The van der Waals surface area contributed by atoms with Crippen molar-refractivity contribution < 1.29 is 4.79 Å². The number of carbonyl (C=O) groups is 1. The maximum atomic E-state index is 12.2. The normalized spacial score (nSPS) is 10.9. The number of thioether (sulfide) groups is 1. The van der Waals surface area contributed by atoms with E-state index in [0.717, 1.165) is 48.6 Å². The third-order valence-corrected chi connectivity index (χ3v) is 6.32. The molecule has 1 heterocycles. The molecule has 2 aromatic carbocycles. The van der Waals surface area contributed by atoms with Gasteiger partial charge in [-0.15, -0.1) is 0 Å². The molecule has 0 bridgehead atoms. The molecule has 31 heavy (non-hydrogen) atoms. The van der Waals surface area contributed by atoms with Gasteiger partial charge in [0.15, 0.2) is 10.9 Å². The Balaban J connectivity index is 1.34. The number of rotatable bonds is 12. The first-order valence-electron chi connectivity index (χ1n) is 10.6. The Kier molecular flexibility index (Phi) is 9.38. The highest BCUT2D eigenvalue weighted by Gasteiger charge is 2.06. The van der Waals surface area contributed by atoms with Crippen molar-refractivity contribution in [2.24, 2.45) is 0 Å². The van der Waals surface area contributed by atoms with Crippen LogP contribution in [0.5, 0.6) is 0 Å². The Morgan fingerprint density at radius 3 is 2.39 bits per heavy atom. The van der Waals surface area contributed by atoms with Crippen molar-refractivity contribution in [3.63, 3.8) is 0 Å². The molecule has 0 aliphatic heterocycles. The zero-order valence-corrected chi connectivity index (χ0v) is 19.1. The molecular weight excluding hydrogens is 428 g/mol. The molecule has 0 unspecified atom stereocenters. The lowest BCUT2D eigenvalue weighted by Crippen LogP contribution is -2.14. The first-order chi connectivity index (χ1) is 15.1. The monoisotopic (exact) mass is 454 g/mol. The van der Waals surface area contributed by atoms with Crippen molar-refractivity contribution in [3.05, 3.63) is 93.4 Å². The van der Waals surface area contributed by atoms with Crippen LogP contribution < -0.4 is 5.56 Å². The highest BCUT2D eigenvalue weighted by molar-refractivity contribution is 7.99. The molecule has 0 aliphatic carbocycles. The zero-order chi connectivity index (χ0) is 21.9. The molecule has 0 atom stereocenters. The van der Waals surface area contributed by atoms with E-state index in [4.69, 9.17) is 11.6 Å². The summed E-state index contributed by atoms with van der Waals surface area (Å²) in [4.78, 5) is 28.1. The molecule has 3 aromatic rings. The third-order valence-electron chi connectivity index (χ3n) is 4.99. The molecule has 0 fully saturated rings. The average Bonchev–Trinajstić information content (AvgIpc) is 2.78. The first-order valence-corrected chi connectivity index (χ1v) is 12.0. The number of nitrogens with zero attached hydrogens (tertiary/aromatic N) is 2. The summed E-state index contributed by atoms with van der Waals surface area (Å²) in [7, 11) is 0. The van der Waals surface area contributed by atoms with Gasteiger partial charge in [0, 0.05) is 41.6 Å². The maximum Gasteiger partial charge on any atom is 0.273 e. The number of hydrogen-bond acceptors (Lipinski definition) is 4. The fourth-order valence-electron chi connectivity index (χ4n) is 3.29. The average molecular weight is 455 g/mol. The summed E-state index contributed by atoms with van der Waals surface area (Å²) < 4.78 is 2.03. The van der Waals surface area contributed by atoms with Crippen LogP contribution in [-0.4, -0.2) is 21.1 Å². The van der Waals surface area contributed by atoms with E-state index in [0.29, 0.717) is 18.0 Å². The van der Waals surface area contributed by atoms with Gasteiger partial charge in [-0.2, -0.15) is 4.98 Å². The summed E-state index contributed by atoms with van der Waals surface area (Å²) in [5, 5.41) is 1.42. The minimum absolute atomic E-state index is 0.179. The molecule has 0 saturated carbocycles. The number of Topliss-reactive ketones (excluding diaryl/α,β-unsaturated/α-hetero) is 1. The molecule has 4 nitrogen and oxygen atoms in total. The van der Waals surface area contributed by atoms with Gasteiger partial charge in [-0.05, 0) is 42.7 Å². The Morgan fingerprint density at radius 1 is 0.903 bits per heavy atom. The largest absolute Gasteiger partial charge is 0.323 e. The van der Waals surface area contributed by atoms with E-state index in [-0.39, 0.29) is 11.3 Å². The maximum absolute atomic E-state index is 12.2. The number of hydrogen-bond donors (Lipinski definition) is 0. The summed E-state index contributed by atoms with van der Waals surface area (Å²) in [6.45, 7) is 0.706. The standard InChI is InChI=1S/C25H27ClN2O2S/c26-22-14-12-21(13-15-22)23(29)11-7-2-1-3-8-18-31-25-27-24(30)16-17-28(25)19-20-9-5-4-6-10-20/h4-6,9-10,12-17H,1-3,7-8,11,18-19H2. The molecule has 0 saturated heterocycles. The van der Waals surface area contributed by atoms with E-state index in [1.807, 2.05) is 29.0 Å². The predicted octanol–water partition coefficient (Wildman–Crippen LogP) is 6.26. The van der Waals surface area contributed by atoms with E-state index in [9.17, 15) is 9.59 Å². The van der Waals surface area contributed by atoms with Gasteiger partial charge in [-0.25, -0.2) is 0 Å². The fraction of sp³-hybridized carbons (Fsp3) is 0.320. The fourth-order valence-corrected chi connectivity index (χ4v) is 4.39. The van der Waals surface area contributed by atoms with Gasteiger partial charge in [0.05, 0.1) is 0 Å². The van der Waals surface area contributed by atoms with Crippen molar-refractivity contribution in [2.45, 2.75) is 50.2 Å². The van der Waals surface area contributed by atoms with E-state index >= 15 is 0 Å². The molecule has 0 spiro atoms. The highest BCUT2D eigenvalue weighted by atomic mass is 35.5. The summed E-state index contributed by atoms with van der Waals surface area (Å²) in [6.07, 6.45) is 7.63. The lowest BCUT2D eigenvalue weighted by atomic mass is 10.0. The summed E-state index contributed by atoms with van der Waals surface area (Å²) >= 11 is 7.50. The van der Waals surface area contributed by atoms with Crippen LogP contribution >= 0.6 is 23.4 Å². The molecule has 0 radical (unpaired) electrons. The highest BCUT2D eigenvalue weighted by Crippen LogP contribution is 2.19. The number of ketones is 1. The van der Waals surface area contributed by atoms with Crippen LogP contribution in [0.1, 0.15) is 54.4 Å². The molecular formula is C25H27ClN2O2S. The van der Waals surface area contributed by atoms with Gasteiger partial charge >= 0.3 is 0 Å². The molecule has 6 heteroatoms. The Morgan fingerprint density at radius 2 is 1.61 bits per heavy atom. The molecule has 0 N–H and O–H groups in total. The van der Waals surface area contributed by atoms with Crippen LogP contribution in [0.4, 0.5) is 0 Å².